The summed E-state index contributed by atoms with van der Waals surface area (Å²) in [5.41, 5.74) is 1.23. The Hall–Kier alpha value is -0.210. The molecule has 0 bridgehead atoms. The summed E-state index contributed by atoms with van der Waals surface area (Å²) >= 11 is 3.63. The lowest BCUT2D eigenvalue weighted by Crippen LogP contribution is -1.92. The van der Waals surface area contributed by atoms with E-state index in [9.17, 15) is 0 Å². The fourth-order valence-electron chi connectivity index (χ4n) is 0.920. The van der Waals surface area contributed by atoms with Crippen molar-refractivity contribution in [2.24, 2.45) is 0 Å². The summed E-state index contributed by atoms with van der Waals surface area (Å²) in [4.78, 5) is 0. The van der Waals surface area contributed by atoms with Crippen molar-refractivity contribution in [2.45, 2.75) is 5.25 Å². The van der Waals surface area contributed by atoms with E-state index in [1.54, 1.807) is 0 Å². The van der Waals surface area contributed by atoms with Crippen LogP contribution in [0.5, 0.6) is 0 Å². The predicted octanol–water partition coefficient (Wildman–Crippen LogP) is 3.38. The minimum atomic E-state index is 0.316. The van der Waals surface area contributed by atoms with Gasteiger partial charge < -0.3 is 0 Å². The topological polar surface area (TPSA) is 23.8 Å². The van der Waals surface area contributed by atoms with Gasteiger partial charge in [0.2, 0.25) is 0 Å². The van der Waals surface area contributed by atoms with E-state index >= 15 is 0 Å². The molecule has 12 heavy (non-hydrogen) atoms. The van der Waals surface area contributed by atoms with Crippen LogP contribution in [-0.2, 0) is 0 Å². The Bertz CT molecular complexity index is 268. The van der Waals surface area contributed by atoms with Gasteiger partial charge in [-0.05, 0) is 17.3 Å². The first-order valence-electron chi connectivity index (χ1n) is 3.54. The third kappa shape index (κ3) is 2.68. The van der Waals surface area contributed by atoms with E-state index in [1.165, 1.54) is 17.3 Å². The molecule has 0 heterocycles. The molecule has 1 unspecified atom stereocenters. The number of hydrogen-bond donors (Lipinski definition) is 0. The zero-order valence-corrected chi connectivity index (χ0v) is 9.38. The molecule has 0 N–H and O–H groups in total. The molecule has 1 atom stereocenters. The molecular formula is C9H8INS. The lowest BCUT2D eigenvalue weighted by molar-refractivity contribution is 1.15. The van der Waals surface area contributed by atoms with Crippen molar-refractivity contribution in [3.63, 3.8) is 0 Å². The summed E-state index contributed by atoms with van der Waals surface area (Å²) in [5.74, 6) is 0. The van der Waals surface area contributed by atoms with Crippen LogP contribution >= 0.6 is 34.4 Å². The van der Waals surface area contributed by atoms with Crippen LogP contribution in [0.3, 0.4) is 0 Å². The number of thioether (sulfide) groups is 1. The van der Waals surface area contributed by atoms with E-state index in [0.717, 1.165) is 4.43 Å². The van der Waals surface area contributed by atoms with Crippen molar-refractivity contribution in [3.8, 4) is 5.40 Å². The zero-order valence-electron chi connectivity index (χ0n) is 6.40. The summed E-state index contributed by atoms with van der Waals surface area (Å²) in [7, 11) is 0. The van der Waals surface area contributed by atoms with Crippen molar-refractivity contribution in [1.82, 2.24) is 0 Å². The van der Waals surface area contributed by atoms with Gasteiger partial charge in [-0.3, -0.25) is 0 Å². The highest BCUT2D eigenvalue weighted by atomic mass is 127. The normalized spacial score (nSPS) is 12.0. The fourth-order valence-corrected chi connectivity index (χ4v) is 2.45. The summed E-state index contributed by atoms with van der Waals surface area (Å²) in [5, 5.41) is 11.0. The molecule has 1 aromatic rings. The van der Waals surface area contributed by atoms with Gasteiger partial charge in [0.15, 0.2) is 0 Å². The molecule has 62 valence electrons. The number of nitriles is 1. The van der Waals surface area contributed by atoms with Crippen LogP contribution in [0, 0.1) is 10.7 Å². The average Bonchev–Trinajstić information content (AvgIpc) is 2.15. The van der Waals surface area contributed by atoms with Crippen molar-refractivity contribution < 1.29 is 0 Å². The van der Waals surface area contributed by atoms with Crippen LogP contribution in [0.25, 0.3) is 0 Å². The number of hydrogen-bond acceptors (Lipinski definition) is 2. The highest BCUT2D eigenvalue weighted by Crippen LogP contribution is 2.29. The van der Waals surface area contributed by atoms with E-state index in [0.29, 0.717) is 5.25 Å². The fraction of sp³-hybridized carbons (Fsp3) is 0.222. The number of halogens is 1. The van der Waals surface area contributed by atoms with E-state index in [4.69, 9.17) is 5.26 Å². The first kappa shape index (κ1) is 9.87. The second kappa shape index (κ2) is 5.44. The van der Waals surface area contributed by atoms with Gasteiger partial charge in [0, 0.05) is 4.43 Å². The second-order valence-electron chi connectivity index (χ2n) is 2.26. The standard InChI is InChI=1S/C9H8INS/c10-6-9(12-7-11)8-4-2-1-3-5-8/h1-5,9H,6H2. The van der Waals surface area contributed by atoms with Crippen molar-refractivity contribution in [1.29, 1.82) is 5.26 Å². The molecule has 0 amide bonds. The smallest absolute Gasteiger partial charge is 0.134 e. The molecule has 0 saturated carbocycles. The maximum atomic E-state index is 8.54. The Morgan fingerprint density at radius 3 is 2.58 bits per heavy atom. The van der Waals surface area contributed by atoms with Crippen LogP contribution in [0.15, 0.2) is 30.3 Å². The van der Waals surface area contributed by atoms with Crippen LogP contribution in [0.2, 0.25) is 0 Å². The minimum Gasteiger partial charge on any atom is -0.185 e. The molecule has 0 fully saturated rings. The molecule has 0 aliphatic carbocycles. The number of rotatable bonds is 3. The zero-order chi connectivity index (χ0) is 8.81. The molecule has 0 aromatic heterocycles. The Kier molecular flexibility index (Phi) is 4.48. The highest BCUT2D eigenvalue weighted by Gasteiger charge is 2.08. The van der Waals surface area contributed by atoms with Gasteiger partial charge in [-0.25, -0.2) is 0 Å². The van der Waals surface area contributed by atoms with Gasteiger partial charge >= 0.3 is 0 Å². The molecule has 0 radical (unpaired) electrons. The quantitative estimate of drug-likeness (QED) is 0.484. The predicted molar refractivity (Wildman–Crippen MR) is 61.3 cm³/mol. The molecule has 3 heteroatoms. The third-order valence-electron chi connectivity index (χ3n) is 1.51. The van der Waals surface area contributed by atoms with Gasteiger partial charge in [0.05, 0.1) is 5.25 Å². The SMILES string of the molecule is N#CSC(CI)c1ccccc1. The summed E-state index contributed by atoms with van der Waals surface area (Å²) in [6.45, 7) is 0. The van der Waals surface area contributed by atoms with Gasteiger partial charge in [0.25, 0.3) is 0 Å². The monoisotopic (exact) mass is 289 g/mol. The summed E-state index contributed by atoms with van der Waals surface area (Å²) in [6, 6.07) is 10.1. The average molecular weight is 289 g/mol. The first-order valence-corrected chi connectivity index (χ1v) is 5.94. The van der Waals surface area contributed by atoms with E-state index in [1.807, 2.05) is 18.2 Å². The minimum absolute atomic E-state index is 0.316. The molecule has 0 aliphatic heterocycles. The van der Waals surface area contributed by atoms with Crippen LogP contribution in [0.4, 0.5) is 0 Å². The molecule has 1 nitrogen and oxygen atoms in total. The Morgan fingerprint density at radius 2 is 2.08 bits per heavy atom. The highest BCUT2D eigenvalue weighted by molar-refractivity contribution is 14.1. The molecule has 1 aromatic carbocycles. The molecule has 1 rings (SSSR count). The Morgan fingerprint density at radius 1 is 1.42 bits per heavy atom. The molecular weight excluding hydrogens is 281 g/mol. The lowest BCUT2D eigenvalue weighted by Gasteiger charge is -2.08. The molecule has 0 saturated heterocycles. The van der Waals surface area contributed by atoms with Crippen molar-refractivity contribution in [3.05, 3.63) is 35.9 Å². The van der Waals surface area contributed by atoms with E-state index < -0.39 is 0 Å². The van der Waals surface area contributed by atoms with Crippen LogP contribution in [-0.4, -0.2) is 4.43 Å². The van der Waals surface area contributed by atoms with Crippen LogP contribution < -0.4 is 0 Å². The summed E-state index contributed by atoms with van der Waals surface area (Å²) in [6.07, 6.45) is 0. The number of benzene rings is 1. The van der Waals surface area contributed by atoms with Gasteiger partial charge in [0.1, 0.15) is 5.40 Å². The van der Waals surface area contributed by atoms with Gasteiger partial charge in [-0.1, -0.05) is 52.9 Å². The van der Waals surface area contributed by atoms with Crippen molar-refractivity contribution >= 4 is 34.4 Å². The van der Waals surface area contributed by atoms with Gasteiger partial charge in [-0.2, -0.15) is 5.26 Å². The molecule has 0 aliphatic rings. The van der Waals surface area contributed by atoms with Gasteiger partial charge in [-0.15, -0.1) is 0 Å². The summed E-state index contributed by atoms with van der Waals surface area (Å²) < 4.78 is 0.972. The number of thiocyanates is 1. The maximum absolute atomic E-state index is 8.54. The van der Waals surface area contributed by atoms with E-state index in [2.05, 4.69) is 40.1 Å². The largest absolute Gasteiger partial charge is 0.185 e. The maximum Gasteiger partial charge on any atom is 0.134 e. The Balaban J connectivity index is 2.75. The second-order valence-corrected chi connectivity index (χ2v) is 4.13. The Labute approximate surface area is 90.3 Å². The molecule has 0 spiro atoms. The number of nitrogens with zero attached hydrogens (tertiary/aromatic N) is 1. The van der Waals surface area contributed by atoms with E-state index in [-0.39, 0.29) is 0 Å². The van der Waals surface area contributed by atoms with Crippen LogP contribution in [0.1, 0.15) is 10.8 Å². The lowest BCUT2D eigenvalue weighted by atomic mass is 10.2. The first-order chi connectivity index (χ1) is 5.88. The third-order valence-corrected chi connectivity index (χ3v) is 3.81. The number of alkyl halides is 1. The van der Waals surface area contributed by atoms with Crippen molar-refractivity contribution in [2.75, 3.05) is 4.43 Å².